The average molecular weight is 377 g/mol. The lowest BCUT2D eigenvalue weighted by molar-refractivity contribution is 0.218. The van der Waals surface area contributed by atoms with Crippen LogP contribution in [0.4, 0.5) is 10.6 Å². The van der Waals surface area contributed by atoms with Gasteiger partial charge in [-0.15, -0.1) is 0 Å². The Morgan fingerprint density at radius 1 is 1.00 bits per heavy atom. The molecule has 1 aliphatic heterocycles. The molecular weight excluding hydrogens is 360 g/mol. The first kappa shape index (κ1) is 17.2. The topological polar surface area (TPSA) is 57.6 Å². The molecule has 27 heavy (non-hydrogen) atoms. The second kappa shape index (κ2) is 7.60. The molecule has 0 radical (unpaired) electrons. The molecule has 6 heteroatoms. The van der Waals surface area contributed by atoms with Crippen LogP contribution in [0.2, 0.25) is 5.02 Å². The fourth-order valence-corrected chi connectivity index (χ4v) is 3.19. The van der Waals surface area contributed by atoms with Crippen LogP contribution in [0.1, 0.15) is 17.0 Å². The molecule has 1 aliphatic rings. The third-order valence-corrected chi connectivity index (χ3v) is 4.64. The van der Waals surface area contributed by atoms with Crippen molar-refractivity contribution in [3.63, 3.8) is 0 Å². The van der Waals surface area contributed by atoms with E-state index < -0.39 is 0 Å². The Balaban J connectivity index is 1.64. The summed E-state index contributed by atoms with van der Waals surface area (Å²) in [5.41, 5.74) is 2.90. The van der Waals surface area contributed by atoms with E-state index in [9.17, 15) is 4.79 Å². The number of carbonyl (C=O) groups excluding carboxylic acids is 1. The largest absolute Gasteiger partial charge is 0.343 e. The van der Waals surface area contributed by atoms with Crippen LogP contribution >= 0.6 is 11.6 Å². The van der Waals surface area contributed by atoms with Crippen molar-refractivity contribution in [1.29, 1.82) is 0 Å². The van der Waals surface area contributed by atoms with Gasteiger partial charge in [-0.05, 0) is 35.4 Å². The molecule has 0 fully saturated rings. The minimum Gasteiger partial charge on any atom is -0.291 e. The zero-order valence-electron chi connectivity index (χ0n) is 14.4. The molecule has 5 nitrogen and oxygen atoms in total. The summed E-state index contributed by atoms with van der Waals surface area (Å²) in [5, 5.41) is 9.51. The van der Waals surface area contributed by atoms with E-state index in [0.717, 1.165) is 16.8 Å². The zero-order chi connectivity index (χ0) is 18.6. The Morgan fingerprint density at radius 2 is 1.74 bits per heavy atom. The van der Waals surface area contributed by atoms with E-state index in [1.54, 1.807) is 18.3 Å². The highest BCUT2D eigenvalue weighted by molar-refractivity contribution is 6.30. The standard InChI is InChI=1S/C21H17ClN4O/c22-17-11-9-16(10-12-17)20-18(15-6-2-1-3-7-15)14-26(25-20)21(27)24-19-8-4-5-13-23-19/h1-13,18H,14H2,(H,23,24,27). The third-order valence-electron chi connectivity index (χ3n) is 4.39. The number of anilines is 1. The number of halogens is 1. The predicted octanol–water partition coefficient (Wildman–Crippen LogP) is 4.77. The van der Waals surface area contributed by atoms with E-state index in [0.29, 0.717) is 17.4 Å². The molecule has 0 bridgehead atoms. The number of amides is 2. The van der Waals surface area contributed by atoms with Gasteiger partial charge in [-0.2, -0.15) is 5.10 Å². The molecule has 2 heterocycles. The molecule has 0 aliphatic carbocycles. The van der Waals surface area contributed by atoms with E-state index in [4.69, 9.17) is 11.6 Å². The van der Waals surface area contributed by atoms with Crippen molar-refractivity contribution >= 4 is 29.2 Å². The number of aromatic nitrogens is 1. The van der Waals surface area contributed by atoms with Gasteiger partial charge < -0.3 is 0 Å². The maximum Gasteiger partial charge on any atom is 0.343 e. The highest BCUT2D eigenvalue weighted by atomic mass is 35.5. The SMILES string of the molecule is O=C(Nc1ccccn1)N1CC(c2ccccc2)C(c2ccc(Cl)cc2)=N1. The summed E-state index contributed by atoms with van der Waals surface area (Å²) in [6.45, 7) is 0.459. The van der Waals surface area contributed by atoms with Crippen LogP contribution in [-0.4, -0.2) is 28.3 Å². The van der Waals surface area contributed by atoms with E-state index in [2.05, 4.69) is 27.5 Å². The summed E-state index contributed by atoms with van der Waals surface area (Å²) in [6.07, 6.45) is 1.63. The summed E-state index contributed by atoms with van der Waals surface area (Å²) in [7, 11) is 0. The van der Waals surface area contributed by atoms with Crippen molar-refractivity contribution in [2.45, 2.75) is 5.92 Å². The lowest BCUT2D eigenvalue weighted by Crippen LogP contribution is -2.30. The minimum atomic E-state index is -0.307. The normalized spacial score (nSPS) is 16.1. The Kier molecular flexibility index (Phi) is 4.85. The zero-order valence-corrected chi connectivity index (χ0v) is 15.2. The van der Waals surface area contributed by atoms with Gasteiger partial charge in [0, 0.05) is 17.1 Å². The van der Waals surface area contributed by atoms with Crippen LogP contribution in [0, 0.1) is 0 Å². The van der Waals surface area contributed by atoms with Gasteiger partial charge in [0.15, 0.2) is 0 Å². The number of hydrazone groups is 1. The van der Waals surface area contributed by atoms with Crippen LogP contribution in [-0.2, 0) is 0 Å². The summed E-state index contributed by atoms with van der Waals surface area (Å²) >= 11 is 6.02. The average Bonchev–Trinajstić information content (AvgIpc) is 3.16. The number of urea groups is 1. The van der Waals surface area contributed by atoms with Crippen molar-refractivity contribution < 1.29 is 4.79 Å². The number of rotatable bonds is 3. The molecule has 1 aromatic heterocycles. The molecule has 0 saturated carbocycles. The number of nitrogens with zero attached hydrogens (tertiary/aromatic N) is 3. The number of hydrogen-bond acceptors (Lipinski definition) is 3. The molecule has 1 unspecified atom stereocenters. The monoisotopic (exact) mass is 376 g/mol. The van der Waals surface area contributed by atoms with E-state index in [1.807, 2.05) is 48.5 Å². The van der Waals surface area contributed by atoms with Gasteiger partial charge in [0.1, 0.15) is 5.82 Å². The van der Waals surface area contributed by atoms with Crippen molar-refractivity contribution in [2.24, 2.45) is 5.10 Å². The minimum absolute atomic E-state index is 0.0122. The Bertz CT molecular complexity index is 958. The van der Waals surface area contributed by atoms with Crippen molar-refractivity contribution in [2.75, 3.05) is 11.9 Å². The van der Waals surface area contributed by atoms with Gasteiger partial charge in [-0.25, -0.2) is 14.8 Å². The fraction of sp³-hybridized carbons (Fsp3) is 0.0952. The van der Waals surface area contributed by atoms with E-state index in [-0.39, 0.29) is 11.9 Å². The van der Waals surface area contributed by atoms with Gasteiger partial charge in [0.2, 0.25) is 0 Å². The second-order valence-electron chi connectivity index (χ2n) is 6.18. The molecule has 1 N–H and O–H groups in total. The highest BCUT2D eigenvalue weighted by Gasteiger charge is 2.32. The number of pyridine rings is 1. The Hall–Kier alpha value is -3.18. The first-order chi connectivity index (χ1) is 13.2. The molecule has 1 atom stereocenters. The summed E-state index contributed by atoms with van der Waals surface area (Å²) in [6, 6.07) is 22.6. The Morgan fingerprint density at radius 3 is 2.44 bits per heavy atom. The third kappa shape index (κ3) is 3.83. The second-order valence-corrected chi connectivity index (χ2v) is 6.62. The van der Waals surface area contributed by atoms with Crippen LogP contribution in [0.5, 0.6) is 0 Å². The predicted molar refractivity (Wildman–Crippen MR) is 107 cm³/mol. The molecular formula is C21H17ClN4O. The van der Waals surface area contributed by atoms with Crippen LogP contribution < -0.4 is 5.32 Å². The van der Waals surface area contributed by atoms with Crippen molar-refractivity contribution in [3.8, 4) is 0 Å². The lowest BCUT2D eigenvalue weighted by Gasteiger charge is -2.15. The van der Waals surface area contributed by atoms with Crippen LogP contribution in [0.15, 0.2) is 84.1 Å². The van der Waals surface area contributed by atoms with Crippen LogP contribution in [0.25, 0.3) is 0 Å². The lowest BCUT2D eigenvalue weighted by atomic mass is 9.91. The molecule has 0 saturated heterocycles. The molecule has 4 rings (SSSR count). The van der Waals surface area contributed by atoms with Crippen LogP contribution in [0.3, 0.4) is 0 Å². The van der Waals surface area contributed by atoms with Crippen molar-refractivity contribution in [1.82, 2.24) is 9.99 Å². The van der Waals surface area contributed by atoms with Gasteiger partial charge >= 0.3 is 6.03 Å². The first-order valence-corrected chi connectivity index (χ1v) is 8.97. The quantitative estimate of drug-likeness (QED) is 0.715. The van der Waals surface area contributed by atoms with E-state index >= 15 is 0 Å². The molecule has 134 valence electrons. The molecule has 2 aromatic carbocycles. The highest BCUT2D eigenvalue weighted by Crippen LogP contribution is 2.29. The van der Waals surface area contributed by atoms with Crippen molar-refractivity contribution in [3.05, 3.63) is 95.1 Å². The van der Waals surface area contributed by atoms with Gasteiger partial charge in [-0.3, -0.25) is 5.32 Å². The molecule has 0 spiro atoms. The number of benzene rings is 2. The summed E-state index contributed by atoms with van der Waals surface area (Å²) in [5.74, 6) is 0.482. The molecule has 2 amide bonds. The molecule has 3 aromatic rings. The summed E-state index contributed by atoms with van der Waals surface area (Å²) in [4.78, 5) is 16.8. The Labute approximate surface area is 162 Å². The maximum atomic E-state index is 12.7. The smallest absolute Gasteiger partial charge is 0.291 e. The summed E-state index contributed by atoms with van der Waals surface area (Å²) < 4.78 is 0. The number of hydrogen-bond donors (Lipinski definition) is 1. The maximum absolute atomic E-state index is 12.7. The van der Waals surface area contributed by atoms with Gasteiger partial charge in [0.05, 0.1) is 12.3 Å². The van der Waals surface area contributed by atoms with E-state index in [1.165, 1.54) is 5.01 Å². The first-order valence-electron chi connectivity index (χ1n) is 8.59. The van der Waals surface area contributed by atoms with Gasteiger partial charge in [0.25, 0.3) is 0 Å². The fourth-order valence-electron chi connectivity index (χ4n) is 3.07. The number of carbonyl (C=O) groups is 1. The van der Waals surface area contributed by atoms with Gasteiger partial charge in [-0.1, -0.05) is 60.1 Å². The number of nitrogens with one attached hydrogen (secondary N) is 1.